The van der Waals surface area contributed by atoms with Crippen molar-refractivity contribution in [1.29, 1.82) is 0 Å². The van der Waals surface area contributed by atoms with Crippen LogP contribution in [0.3, 0.4) is 0 Å². The Kier molecular flexibility index (Phi) is 2.97. The molecule has 0 bridgehead atoms. The molecule has 110 valence electrons. The normalized spacial score (nSPS) is 31.4. The molecule has 1 aromatic carbocycles. The zero-order chi connectivity index (χ0) is 14.5. The van der Waals surface area contributed by atoms with E-state index < -0.39 is 20.6 Å². The van der Waals surface area contributed by atoms with Crippen molar-refractivity contribution in [2.45, 2.75) is 16.7 Å². The van der Waals surface area contributed by atoms with Gasteiger partial charge >= 0.3 is 0 Å². The van der Waals surface area contributed by atoms with E-state index in [1.54, 1.807) is 12.1 Å². The second-order valence-corrected chi connectivity index (χ2v) is 7.55. The fourth-order valence-electron chi connectivity index (χ4n) is 3.08. The third kappa shape index (κ3) is 1.97. The van der Waals surface area contributed by atoms with Crippen LogP contribution in [0.1, 0.15) is 11.5 Å². The van der Waals surface area contributed by atoms with Crippen LogP contribution in [0.4, 0.5) is 0 Å². The van der Waals surface area contributed by atoms with Crippen molar-refractivity contribution in [3.63, 3.8) is 0 Å². The summed E-state index contributed by atoms with van der Waals surface area (Å²) in [5, 5.41) is -0.629. The summed E-state index contributed by atoms with van der Waals surface area (Å²) in [6.07, 6.45) is 1.21. The lowest BCUT2D eigenvalue weighted by Crippen LogP contribution is -2.35. The van der Waals surface area contributed by atoms with Gasteiger partial charge in [0, 0.05) is 19.3 Å². The van der Waals surface area contributed by atoms with E-state index in [4.69, 9.17) is 19.9 Å². The van der Waals surface area contributed by atoms with E-state index in [2.05, 4.69) is 0 Å². The van der Waals surface area contributed by atoms with Crippen LogP contribution in [0.2, 0.25) is 0 Å². The van der Waals surface area contributed by atoms with Crippen molar-refractivity contribution >= 4 is 9.84 Å². The average Bonchev–Trinajstić information content (AvgIpc) is 2.77. The van der Waals surface area contributed by atoms with Crippen molar-refractivity contribution in [3.8, 4) is 11.5 Å². The number of fused-ring (bicyclic) bond motifs is 1. The predicted octanol–water partition coefficient (Wildman–Crippen LogP) is 0.270. The molecule has 3 rings (SSSR count). The highest BCUT2D eigenvalue weighted by atomic mass is 32.2. The summed E-state index contributed by atoms with van der Waals surface area (Å²) < 4.78 is 39.5. The first kappa shape index (κ1) is 13.7. The van der Waals surface area contributed by atoms with Gasteiger partial charge in [-0.1, -0.05) is 6.07 Å². The fourth-order valence-corrected chi connectivity index (χ4v) is 4.92. The van der Waals surface area contributed by atoms with Crippen LogP contribution in [0, 0.1) is 0 Å². The molecule has 0 amide bonds. The monoisotopic (exact) mass is 299 g/mol. The summed E-state index contributed by atoms with van der Waals surface area (Å²) >= 11 is 0. The maximum absolute atomic E-state index is 11.9. The van der Waals surface area contributed by atoms with Gasteiger partial charge in [-0.25, -0.2) is 8.42 Å². The number of rotatable bonds is 4. The largest absolute Gasteiger partial charge is 0.454 e. The standard InChI is InChI=1S/C13H17NO5S/c1-17-6-13(14)11(12(13)20(2,15)16)8-3-4-9-10(5-8)19-7-18-9/h3-5,11-12H,6-7,14H2,1-2H3. The van der Waals surface area contributed by atoms with Crippen molar-refractivity contribution < 1.29 is 22.6 Å². The Morgan fingerprint density at radius 1 is 1.40 bits per heavy atom. The molecule has 2 aliphatic rings. The first-order valence-corrected chi connectivity index (χ1v) is 8.19. The first-order chi connectivity index (χ1) is 9.38. The van der Waals surface area contributed by atoms with Crippen molar-refractivity contribution in [3.05, 3.63) is 23.8 Å². The van der Waals surface area contributed by atoms with Gasteiger partial charge in [-0.3, -0.25) is 0 Å². The number of hydrogen-bond acceptors (Lipinski definition) is 6. The number of methoxy groups -OCH3 is 1. The summed E-state index contributed by atoms with van der Waals surface area (Å²) in [6, 6.07) is 5.42. The van der Waals surface area contributed by atoms with E-state index in [1.165, 1.54) is 13.4 Å². The Hall–Kier alpha value is -1.31. The Morgan fingerprint density at radius 3 is 2.75 bits per heavy atom. The molecule has 0 spiro atoms. The lowest BCUT2D eigenvalue weighted by atomic mass is 10.1. The molecule has 1 fully saturated rings. The van der Waals surface area contributed by atoms with Crippen LogP contribution in [0.25, 0.3) is 0 Å². The van der Waals surface area contributed by atoms with Gasteiger partial charge in [0.15, 0.2) is 21.3 Å². The van der Waals surface area contributed by atoms with Gasteiger partial charge in [-0.15, -0.1) is 0 Å². The molecule has 6 nitrogen and oxygen atoms in total. The quantitative estimate of drug-likeness (QED) is 0.858. The lowest BCUT2D eigenvalue weighted by Gasteiger charge is -2.10. The maximum Gasteiger partial charge on any atom is 0.231 e. The molecule has 0 aromatic heterocycles. The zero-order valence-electron chi connectivity index (χ0n) is 11.3. The highest BCUT2D eigenvalue weighted by molar-refractivity contribution is 7.91. The van der Waals surface area contributed by atoms with Crippen molar-refractivity contribution in [2.24, 2.45) is 5.73 Å². The zero-order valence-corrected chi connectivity index (χ0v) is 12.1. The maximum atomic E-state index is 11.9. The molecule has 3 unspecified atom stereocenters. The van der Waals surface area contributed by atoms with Gasteiger partial charge in [0.1, 0.15) is 0 Å². The van der Waals surface area contributed by atoms with E-state index in [0.717, 1.165) is 5.56 Å². The summed E-state index contributed by atoms with van der Waals surface area (Å²) in [6.45, 7) is 0.384. The molecular weight excluding hydrogens is 282 g/mol. The molecule has 0 saturated heterocycles. The Labute approximate surface area is 117 Å². The molecule has 20 heavy (non-hydrogen) atoms. The predicted molar refractivity (Wildman–Crippen MR) is 72.7 cm³/mol. The Balaban J connectivity index is 1.97. The van der Waals surface area contributed by atoms with Gasteiger partial charge in [-0.05, 0) is 17.7 Å². The highest BCUT2D eigenvalue weighted by Gasteiger charge is 2.68. The first-order valence-electron chi connectivity index (χ1n) is 6.24. The number of benzene rings is 1. The van der Waals surface area contributed by atoms with Gasteiger partial charge < -0.3 is 19.9 Å². The van der Waals surface area contributed by atoms with Gasteiger partial charge in [0.2, 0.25) is 6.79 Å². The third-order valence-corrected chi connectivity index (χ3v) is 5.55. The molecule has 1 aliphatic heterocycles. The summed E-state index contributed by atoms with van der Waals surface area (Å²) in [5.74, 6) is 1.01. The number of hydrogen-bond donors (Lipinski definition) is 1. The smallest absolute Gasteiger partial charge is 0.231 e. The number of sulfone groups is 1. The SMILES string of the molecule is COCC1(N)C(c2ccc3c(c2)OCO3)C1S(C)(=O)=O. The van der Waals surface area contributed by atoms with Crippen LogP contribution >= 0.6 is 0 Å². The summed E-state index contributed by atoms with van der Waals surface area (Å²) in [5.41, 5.74) is 6.19. The van der Waals surface area contributed by atoms with E-state index in [1.807, 2.05) is 6.07 Å². The molecule has 1 aromatic rings. The molecule has 0 radical (unpaired) electrons. The van der Waals surface area contributed by atoms with Crippen LogP contribution in [0.5, 0.6) is 11.5 Å². The Bertz CT molecular complexity index is 644. The van der Waals surface area contributed by atoms with Gasteiger partial charge in [0.05, 0.1) is 17.4 Å². The second kappa shape index (κ2) is 4.34. The molecule has 1 aliphatic carbocycles. The minimum Gasteiger partial charge on any atom is -0.454 e. The van der Waals surface area contributed by atoms with E-state index in [-0.39, 0.29) is 19.3 Å². The molecule has 3 atom stereocenters. The van der Waals surface area contributed by atoms with Gasteiger partial charge in [0.25, 0.3) is 0 Å². The van der Waals surface area contributed by atoms with Crippen LogP contribution in [-0.2, 0) is 14.6 Å². The third-order valence-electron chi connectivity index (χ3n) is 3.91. The van der Waals surface area contributed by atoms with E-state index in [9.17, 15) is 8.42 Å². The topological polar surface area (TPSA) is 87.8 Å². The minimum absolute atomic E-state index is 0.185. The van der Waals surface area contributed by atoms with Crippen LogP contribution in [-0.4, -0.2) is 46.0 Å². The lowest BCUT2D eigenvalue weighted by molar-refractivity contribution is 0.171. The number of ether oxygens (including phenoxy) is 3. The fraction of sp³-hybridized carbons (Fsp3) is 0.538. The second-order valence-electron chi connectivity index (χ2n) is 5.39. The summed E-state index contributed by atoms with van der Waals surface area (Å²) in [7, 11) is -1.73. The molecule has 1 saturated carbocycles. The highest BCUT2D eigenvalue weighted by Crippen LogP contribution is 2.55. The molecule has 1 heterocycles. The van der Waals surface area contributed by atoms with E-state index >= 15 is 0 Å². The average molecular weight is 299 g/mol. The molecular formula is C13H17NO5S. The van der Waals surface area contributed by atoms with E-state index in [0.29, 0.717) is 11.5 Å². The van der Waals surface area contributed by atoms with Crippen molar-refractivity contribution in [1.82, 2.24) is 0 Å². The summed E-state index contributed by atoms with van der Waals surface area (Å²) in [4.78, 5) is 0. The molecule has 7 heteroatoms. The minimum atomic E-state index is -3.25. The number of nitrogens with two attached hydrogens (primary N) is 1. The Morgan fingerprint density at radius 2 is 2.10 bits per heavy atom. The molecule has 2 N–H and O–H groups in total. The van der Waals surface area contributed by atoms with Crippen LogP contribution < -0.4 is 15.2 Å². The van der Waals surface area contributed by atoms with Crippen molar-refractivity contribution in [2.75, 3.05) is 26.8 Å². The van der Waals surface area contributed by atoms with Crippen LogP contribution in [0.15, 0.2) is 18.2 Å². The van der Waals surface area contributed by atoms with Gasteiger partial charge in [-0.2, -0.15) is 0 Å².